The first kappa shape index (κ1) is 15.3. The van der Waals surface area contributed by atoms with E-state index >= 15 is 0 Å². The Bertz CT molecular complexity index is 616. The Morgan fingerprint density at radius 1 is 1.50 bits per heavy atom. The molecule has 1 aromatic carbocycles. The smallest absolute Gasteiger partial charge is 0.234 e. The number of nitrogens with one attached hydrogen (secondary N) is 1. The molecule has 0 spiro atoms. The van der Waals surface area contributed by atoms with Gasteiger partial charge in [-0.1, -0.05) is 6.07 Å². The van der Waals surface area contributed by atoms with E-state index in [4.69, 9.17) is 0 Å². The van der Waals surface area contributed by atoms with Crippen LogP contribution in [0.5, 0.6) is 0 Å². The average molecular weight is 317 g/mol. The molecule has 0 aliphatic carbocycles. The van der Waals surface area contributed by atoms with E-state index in [1.54, 1.807) is 13.0 Å². The van der Waals surface area contributed by atoms with E-state index in [1.807, 2.05) is 0 Å². The quantitative estimate of drug-likeness (QED) is 0.922. The largest absolute Gasteiger partial charge is 0.325 e. The van der Waals surface area contributed by atoms with Crippen LogP contribution in [0.15, 0.2) is 18.2 Å². The van der Waals surface area contributed by atoms with Gasteiger partial charge in [0.15, 0.2) is 9.84 Å². The highest BCUT2D eigenvalue weighted by atomic mass is 32.2. The normalized spacial score (nSPS) is 20.8. The van der Waals surface area contributed by atoms with E-state index < -0.39 is 15.7 Å². The fourth-order valence-corrected chi connectivity index (χ4v) is 5.44. The summed E-state index contributed by atoms with van der Waals surface area (Å²) in [5.74, 6) is -0.122. The standard InChI is InChI=1S/C13H16FNO3S2/c1-9-2-3-10(14)6-12(9)15-13(16)7-19-11-4-5-20(17,18)8-11/h2-3,6,11H,4-5,7-8H2,1H3,(H,15,16)/t11-/m1/s1. The second-order valence-electron chi connectivity index (χ2n) is 4.84. The summed E-state index contributed by atoms with van der Waals surface area (Å²) in [7, 11) is -2.92. The fraction of sp³-hybridized carbons (Fsp3) is 0.462. The van der Waals surface area contributed by atoms with E-state index in [0.717, 1.165) is 5.56 Å². The van der Waals surface area contributed by atoms with Gasteiger partial charge in [0.25, 0.3) is 0 Å². The van der Waals surface area contributed by atoms with E-state index in [1.165, 1.54) is 23.9 Å². The van der Waals surface area contributed by atoms with E-state index in [-0.39, 0.29) is 28.4 Å². The molecule has 0 radical (unpaired) electrons. The highest BCUT2D eigenvalue weighted by Gasteiger charge is 2.28. The van der Waals surface area contributed by atoms with E-state index in [9.17, 15) is 17.6 Å². The van der Waals surface area contributed by atoms with Gasteiger partial charge in [-0.2, -0.15) is 0 Å². The average Bonchev–Trinajstić information content (AvgIpc) is 2.71. The van der Waals surface area contributed by atoms with Crippen LogP contribution < -0.4 is 5.32 Å². The van der Waals surface area contributed by atoms with Gasteiger partial charge in [-0.3, -0.25) is 4.79 Å². The van der Waals surface area contributed by atoms with Crippen molar-refractivity contribution in [3.05, 3.63) is 29.6 Å². The first-order chi connectivity index (χ1) is 9.35. The minimum atomic E-state index is -2.92. The van der Waals surface area contributed by atoms with Crippen LogP contribution in [-0.2, 0) is 14.6 Å². The number of hydrogen-bond donors (Lipinski definition) is 1. The molecular formula is C13H16FNO3S2. The van der Waals surface area contributed by atoms with Crippen LogP contribution in [0, 0.1) is 12.7 Å². The third kappa shape index (κ3) is 4.21. The molecule has 0 aromatic heterocycles. The monoisotopic (exact) mass is 317 g/mol. The topological polar surface area (TPSA) is 63.2 Å². The molecular weight excluding hydrogens is 301 g/mol. The van der Waals surface area contributed by atoms with Gasteiger partial charge in [-0.25, -0.2) is 12.8 Å². The number of aryl methyl sites for hydroxylation is 1. The van der Waals surface area contributed by atoms with Crippen LogP contribution in [-0.4, -0.2) is 36.8 Å². The van der Waals surface area contributed by atoms with Crippen molar-refractivity contribution in [3.63, 3.8) is 0 Å². The summed E-state index contributed by atoms with van der Waals surface area (Å²) in [6.45, 7) is 1.78. The molecule has 1 aromatic rings. The maximum absolute atomic E-state index is 13.1. The number of thioether (sulfide) groups is 1. The van der Waals surface area contributed by atoms with Crippen molar-refractivity contribution in [2.75, 3.05) is 22.6 Å². The van der Waals surface area contributed by atoms with Gasteiger partial charge < -0.3 is 5.32 Å². The lowest BCUT2D eigenvalue weighted by Crippen LogP contribution is -2.17. The zero-order chi connectivity index (χ0) is 14.8. The van der Waals surface area contributed by atoms with Gasteiger partial charge in [0.1, 0.15) is 5.82 Å². The molecule has 1 heterocycles. The Balaban J connectivity index is 1.85. The van der Waals surface area contributed by atoms with Crippen LogP contribution in [0.25, 0.3) is 0 Å². The SMILES string of the molecule is Cc1ccc(F)cc1NC(=O)CS[C@@H]1CCS(=O)(=O)C1. The summed E-state index contributed by atoms with van der Waals surface area (Å²) in [5, 5.41) is 2.63. The number of anilines is 1. The molecule has 110 valence electrons. The molecule has 1 amide bonds. The highest BCUT2D eigenvalue weighted by Crippen LogP contribution is 2.24. The molecule has 1 N–H and O–H groups in total. The van der Waals surface area contributed by atoms with Crippen LogP contribution in [0.1, 0.15) is 12.0 Å². The number of carbonyl (C=O) groups is 1. The summed E-state index contributed by atoms with van der Waals surface area (Å²) in [4.78, 5) is 11.8. The number of halogens is 1. The summed E-state index contributed by atoms with van der Waals surface area (Å²) in [5.41, 5.74) is 1.24. The van der Waals surface area contributed by atoms with Gasteiger partial charge in [-0.15, -0.1) is 11.8 Å². The maximum atomic E-state index is 13.1. The van der Waals surface area contributed by atoms with Gasteiger partial charge in [-0.05, 0) is 31.0 Å². The van der Waals surface area contributed by atoms with Crippen molar-refractivity contribution in [2.24, 2.45) is 0 Å². The number of carbonyl (C=O) groups excluding carboxylic acids is 1. The van der Waals surface area contributed by atoms with Gasteiger partial charge in [0.05, 0.1) is 17.3 Å². The Kier molecular flexibility index (Phi) is 4.70. The molecule has 1 atom stereocenters. The number of amides is 1. The molecule has 0 unspecified atom stereocenters. The predicted octanol–water partition coefficient (Wildman–Crippen LogP) is 1.99. The second-order valence-corrected chi connectivity index (χ2v) is 8.36. The molecule has 7 heteroatoms. The number of rotatable bonds is 4. The Morgan fingerprint density at radius 2 is 2.25 bits per heavy atom. The number of benzene rings is 1. The van der Waals surface area contributed by atoms with Crippen LogP contribution >= 0.6 is 11.8 Å². The van der Waals surface area contributed by atoms with Crippen molar-refractivity contribution in [2.45, 2.75) is 18.6 Å². The van der Waals surface area contributed by atoms with Crippen LogP contribution in [0.3, 0.4) is 0 Å². The van der Waals surface area contributed by atoms with Crippen molar-refractivity contribution >= 4 is 33.2 Å². The lowest BCUT2D eigenvalue weighted by molar-refractivity contribution is -0.113. The molecule has 2 rings (SSSR count). The van der Waals surface area contributed by atoms with Crippen molar-refractivity contribution in [1.82, 2.24) is 0 Å². The molecule has 4 nitrogen and oxygen atoms in total. The van der Waals surface area contributed by atoms with E-state index in [2.05, 4.69) is 5.32 Å². The van der Waals surface area contributed by atoms with E-state index in [0.29, 0.717) is 12.1 Å². The molecule has 0 saturated carbocycles. The Morgan fingerprint density at radius 3 is 2.90 bits per heavy atom. The molecule has 1 aliphatic rings. The fourth-order valence-electron chi connectivity index (χ4n) is 2.00. The summed E-state index contributed by atoms with van der Waals surface area (Å²) in [6, 6.07) is 4.21. The third-order valence-corrected chi connectivity index (χ3v) is 6.40. The Labute approximate surface area is 122 Å². The van der Waals surface area contributed by atoms with Gasteiger partial charge in [0.2, 0.25) is 5.91 Å². The molecule has 1 saturated heterocycles. The highest BCUT2D eigenvalue weighted by molar-refractivity contribution is 8.02. The first-order valence-corrected chi connectivity index (χ1v) is 9.11. The van der Waals surface area contributed by atoms with Gasteiger partial charge >= 0.3 is 0 Å². The summed E-state index contributed by atoms with van der Waals surface area (Å²) in [6.07, 6.45) is 0.597. The minimum absolute atomic E-state index is 0.0145. The number of hydrogen-bond acceptors (Lipinski definition) is 4. The lowest BCUT2D eigenvalue weighted by Gasteiger charge is -2.10. The van der Waals surface area contributed by atoms with Crippen LogP contribution in [0.4, 0.5) is 10.1 Å². The summed E-state index contributed by atoms with van der Waals surface area (Å²) < 4.78 is 35.7. The third-order valence-electron chi connectivity index (χ3n) is 3.11. The zero-order valence-electron chi connectivity index (χ0n) is 11.1. The van der Waals surface area contributed by atoms with Crippen molar-refractivity contribution in [1.29, 1.82) is 0 Å². The molecule has 1 fully saturated rings. The molecule has 1 aliphatic heterocycles. The van der Waals surface area contributed by atoms with Gasteiger partial charge in [0, 0.05) is 10.9 Å². The number of sulfone groups is 1. The lowest BCUT2D eigenvalue weighted by atomic mass is 10.2. The van der Waals surface area contributed by atoms with Crippen LogP contribution in [0.2, 0.25) is 0 Å². The first-order valence-electron chi connectivity index (χ1n) is 6.24. The second kappa shape index (κ2) is 6.13. The molecule has 20 heavy (non-hydrogen) atoms. The van der Waals surface area contributed by atoms with Crippen molar-refractivity contribution < 1.29 is 17.6 Å². The zero-order valence-corrected chi connectivity index (χ0v) is 12.7. The maximum Gasteiger partial charge on any atom is 0.234 e. The van der Waals surface area contributed by atoms with Crippen molar-refractivity contribution in [3.8, 4) is 0 Å². The molecule has 0 bridgehead atoms. The minimum Gasteiger partial charge on any atom is -0.325 e. The summed E-state index contributed by atoms with van der Waals surface area (Å²) >= 11 is 1.34. The predicted molar refractivity (Wildman–Crippen MR) is 79.3 cm³/mol. The Hall–Kier alpha value is -1.08.